The average molecular weight is 329 g/mol. The van der Waals surface area contributed by atoms with Crippen molar-refractivity contribution in [2.75, 3.05) is 19.6 Å². The molecule has 1 atom stereocenters. The molecule has 0 N–H and O–H groups in total. The minimum Gasteiger partial charge on any atom is -0.548 e. The Balaban J connectivity index is 2.80. The van der Waals surface area contributed by atoms with Crippen LogP contribution in [0.5, 0.6) is 0 Å². The highest BCUT2D eigenvalue weighted by Crippen LogP contribution is 2.18. The number of rotatable bonds is 1. The summed E-state index contributed by atoms with van der Waals surface area (Å²) in [6.45, 7) is 10.2. The monoisotopic (exact) mass is 329 g/mol. The molecule has 0 spiro atoms. The van der Waals surface area contributed by atoms with Crippen molar-refractivity contribution in [1.29, 1.82) is 0 Å². The zero-order chi connectivity index (χ0) is 18.0. The summed E-state index contributed by atoms with van der Waals surface area (Å²) in [6, 6.07) is -1.27. The largest absolute Gasteiger partial charge is 0.548 e. The molecule has 1 aliphatic rings. The van der Waals surface area contributed by atoms with Crippen LogP contribution in [0.15, 0.2) is 0 Å². The van der Waals surface area contributed by atoms with Crippen molar-refractivity contribution in [1.82, 2.24) is 9.80 Å². The zero-order valence-electron chi connectivity index (χ0n) is 14.5. The lowest BCUT2D eigenvalue weighted by molar-refractivity contribution is -0.312. The predicted molar refractivity (Wildman–Crippen MR) is 79.5 cm³/mol. The molecule has 0 aromatic heterocycles. The first-order valence-electron chi connectivity index (χ1n) is 7.48. The molecule has 1 fully saturated rings. The van der Waals surface area contributed by atoms with Crippen molar-refractivity contribution in [3.8, 4) is 0 Å². The molecule has 1 rings (SSSR count). The molecule has 2 amide bonds. The topological polar surface area (TPSA) is 99.2 Å². The number of ether oxygens (including phenoxy) is 2. The van der Waals surface area contributed by atoms with Gasteiger partial charge in [-0.15, -0.1) is 0 Å². The van der Waals surface area contributed by atoms with Crippen LogP contribution in [0.1, 0.15) is 41.5 Å². The molecule has 8 nitrogen and oxygen atoms in total. The fraction of sp³-hybridized carbons (Fsp3) is 0.800. The molecule has 8 heteroatoms. The lowest BCUT2D eigenvalue weighted by Crippen LogP contribution is -2.63. The van der Waals surface area contributed by atoms with Gasteiger partial charge in [0.25, 0.3) is 0 Å². The van der Waals surface area contributed by atoms with Gasteiger partial charge in [0.15, 0.2) is 0 Å². The molecule has 1 saturated heterocycles. The molecule has 132 valence electrons. The Kier molecular flexibility index (Phi) is 5.50. The zero-order valence-corrected chi connectivity index (χ0v) is 14.5. The van der Waals surface area contributed by atoms with E-state index in [-0.39, 0.29) is 19.6 Å². The van der Waals surface area contributed by atoms with E-state index < -0.39 is 35.4 Å². The Labute approximate surface area is 136 Å². The van der Waals surface area contributed by atoms with Crippen molar-refractivity contribution in [3.05, 3.63) is 0 Å². The molecular formula is C15H25N2O6-. The lowest BCUT2D eigenvalue weighted by atomic mass is 10.1. The third-order valence-corrected chi connectivity index (χ3v) is 2.93. The molecule has 0 radical (unpaired) electrons. The van der Waals surface area contributed by atoms with Gasteiger partial charge in [-0.05, 0) is 41.5 Å². The number of aliphatic carboxylic acids is 1. The van der Waals surface area contributed by atoms with E-state index in [0.717, 1.165) is 4.90 Å². The molecule has 0 aromatic carbocycles. The second-order valence-corrected chi connectivity index (χ2v) is 7.43. The van der Waals surface area contributed by atoms with Crippen LogP contribution < -0.4 is 5.11 Å². The van der Waals surface area contributed by atoms with Crippen molar-refractivity contribution in [2.45, 2.75) is 58.8 Å². The van der Waals surface area contributed by atoms with Gasteiger partial charge >= 0.3 is 12.2 Å². The van der Waals surface area contributed by atoms with E-state index in [2.05, 4.69) is 0 Å². The summed E-state index contributed by atoms with van der Waals surface area (Å²) in [7, 11) is 0. The van der Waals surface area contributed by atoms with Gasteiger partial charge in [-0.1, -0.05) is 0 Å². The van der Waals surface area contributed by atoms with Crippen molar-refractivity contribution in [3.63, 3.8) is 0 Å². The van der Waals surface area contributed by atoms with E-state index in [1.807, 2.05) is 0 Å². The van der Waals surface area contributed by atoms with Crippen LogP contribution in [0.4, 0.5) is 9.59 Å². The van der Waals surface area contributed by atoms with Gasteiger partial charge < -0.3 is 24.3 Å². The third kappa shape index (κ3) is 5.96. The average Bonchev–Trinajstić information content (AvgIpc) is 2.33. The summed E-state index contributed by atoms with van der Waals surface area (Å²) in [5.74, 6) is -1.44. The van der Waals surface area contributed by atoms with Crippen molar-refractivity contribution in [2.24, 2.45) is 0 Å². The normalized spacial score (nSPS) is 19.3. The molecular weight excluding hydrogens is 304 g/mol. The van der Waals surface area contributed by atoms with Gasteiger partial charge in [-0.3, -0.25) is 4.90 Å². The minimum atomic E-state index is -1.44. The number of hydrogen-bond acceptors (Lipinski definition) is 6. The van der Waals surface area contributed by atoms with Crippen LogP contribution in [-0.4, -0.2) is 64.8 Å². The highest BCUT2D eigenvalue weighted by atomic mass is 16.6. The summed E-state index contributed by atoms with van der Waals surface area (Å²) in [5.41, 5.74) is -1.42. The van der Waals surface area contributed by atoms with E-state index in [1.54, 1.807) is 41.5 Å². The van der Waals surface area contributed by atoms with E-state index in [9.17, 15) is 19.5 Å². The molecule has 0 saturated carbocycles. The number of carboxylic acids is 1. The van der Waals surface area contributed by atoms with E-state index in [0.29, 0.717) is 0 Å². The van der Waals surface area contributed by atoms with Gasteiger partial charge in [0, 0.05) is 13.1 Å². The Bertz CT molecular complexity index is 477. The number of carboxylic acid groups (broad SMARTS) is 1. The lowest BCUT2D eigenvalue weighted by Gasteiger charge is -2.42. The Hall–Kier alpha value is -1.99. The molecule has 23 heavy (non-hydrogen) atoms. The molecule has 0 bridgehead atoms. The summed E-state index contributed by atoms with van der Waals surface area (Å²) in [4.78, 5) is 37.8. The van der Waals surface area contributed by atoms with E-state index in [4.69, 9.17) is 9.47 Å². The predicted octanol–water partition coefficient (Wildman–Crippen LogP) is 0.593. The third-order valence-electron chi connectivity index (χ3n) is 2.93. The maximum absolute atomic E-state index is 12.1. The minimum absolute atomic E-state index is 0.0345. The Morgan fingerprint density at radius 3 is 1.83 bits per heavy atom. The fourth-order valence-electron chi connectivity index (χ4n) is 2.02. The summed E-state index contributed by atoms with van der Waals surface area (Å²) in [6.07, 6.45) is -1.36. The van der Waals surface area contributed by atoms with Crippen molar-refractivity contribution >= 4 is 18.2 Å². The number of carbonyl (C=O) groups is 3. The van der Waals surface area contributed by atoms with Gasteiger partial charge in [-0.25, -0.2) is 9.59 Å². The fourth-order valence-corrected chi connectivity index (χ4v) is 2.02. The maximum Gasteiger partial charge on any atom is 0.410 e. The van der Waals surface area contributed by atoms with Crippen LogP contribution in [-0.2, 0) is 14.3 Å². The number of hydrogen-bond donors (Lipinski definition) is 0. The molecule has 1 heterocycles. The van der Waals surface area contributed by atoms with Crippen LogP contribution in [0.2, 0.25) is 0 Å². The second-order valence-electron chi connectivity index (χ2n) is 7.43. The summed E-state index contributed by atoms with van der Waals surface area (Å²) < 4.78 is 10.4. The van der Waals surface area contributed by atoms with Crippen LogP contribution in [0.25, 0.3) is 0 Å². The Morgan fingerprint density at radius 2 is 1.39 bits per heavy atom. The van der Waals surface area contributed by atoms with Gasteiger partial charge in [-0.2, -0.15) is 0 Å². The van der Waals surface area contributed by atoms with Crippen LogP contribution in [0.3, 0.4) is 0 Å². The van der Waals surface area contributed by atoms with E-state index in [1.165, 1.54) is 4.90 Å². The molecule has 0 aromatic rings. The quantitative estimate of drug-likeness (QED) is 0.698. The SMILES string of the molecule is CC(C)(C)OC(=O)N1CCN(C(=O)OC(C)(C)C)[C@@H](C(=O)[O-])C1. The molecule has 0 unspecified atom stereocenters. The highest BCUT2D eigenvalue weighted by molar-refractivity contribution is 5.80. The number of amides is 2. The van der Waals surface area contributed by atoms with Crippen molar-refractivity contribution < 1.29 is 29.0 Å². The number of carbonyl (C=O) groups excluding carboxylic acids is 3. The first-order chi connectivity index (χ1) is 10.3. The van der Waals surface area contributed by atoms with Crippen LogP contribution >= 0.6 is 0 Å². The number of nitrogens with zero attached hydrogens (tertiary/aromatic N) is 2. The maximum atomic E-state index is 12.1. The smallest absolute Gasteiger partial charge is 0.410 e. The second kappa shape index (κ2) is 6.64. The van der Waals surface area contributed by atoms with Gasteiger partial charge in [0.2, 0.25) is 0 Å². The Morgan fingerprint density at radius 1 is 0.913 bits per heavy atom. The number of piperazine rings is 1. The van der Waals surface area contributed by atoms with Gasteiger partial charge in [0.05, 0.1) is 18.6 Å². The first-order valence-corrected chi connectivity index (χ1v) is 7.48. The summed E-state index contributed by atoms with van der Waals surface area (Å²) in [5, 5.41) is 11.3. The standard InChI is InChI=1S/C15H26N2O6/c1-14(2,3)22-12(20)16-7-8-17(10(9-16)11(18)19)13(21)23-15(4,5)6/h10H,7-9H2,1-6H3,(H,18,19)/p-1/t10-/m1/s1. The highest BCUT2D eigenvalue weighted by Gasteiger charge is 2.36. The first kappa shape index (κ1) is 19.1. The summed E-state index contributed by atoms with van der Waals surface area (Å²) >= 11 is 0. The molecule has 1 aliphatic heterocycles. The van der Waals surface area contributed by atoms with Crippen LogP contribution in [0, 0.1) is 0 Å². The molecule has 0 aliphatic carbocycles. The van der Waals surface area contributed by atoms with E-state index >= 15 is 0 Å². The van der Waals surface area contributed by atoms with Gasteiger partial charge in [0.1, 0.15) is 11.2 Å².